The third kappa shape index (κ3) is 4.95. The molecule has 0 aliphatic rings. The van der Waals surface area contributed by atoms with Gasteiger partial charge in [0.05, 0.1) is 12.3 Å². The highest BCUT2D eigenvalue weighted by Crippen LogP contribution is 2.28. The van der Waals surface area contributed by atoms with E-state index in [1.165, 1.54) is 24.5 Å². The maximum Gasteiger partial charge on any atom is 0.387 e. The van der Waals surface area contributed by atoms with Crippen molar-refractivity contribution >= 4 is 12.0 Å². The Balaban J connectivity index is 2.09. The predicted molar refractivity (Wildman–Crippen MR) is 82.0 cm³/mol. The number of halogens is 2. The number of rotatable bonds is 7. The van der Waals surface area contributed by atoms with Crippen LogP contribution in [0.25, 0.3) is 6.08 Å². The van der Waals surface area contributed by atoms with Crippen LogP contribution in [0.2, 0.25) is 0 Å². The smallest absolute Gasteiger partial charge is 0.387 e. The van der Waals surface area contributed by atoms with Crippen molar-refractivity contribution in [1.82, 2.24) is 5.32 Å². The second kappa shape index (κ2) is 8.12. The number of benzene rings is 1. The number of nitrogens with one attached hydrogen (secondary N) is 1. The molecule has 122 valence electrons. The minimum absolute atomic E-state index is 0.0599. The Bertz CT molecular complexity index is 654. The van der Waals surface area contributed by atoms with Crippen LogP contribution in [0, 0.1) is 0 Å². The van der Waals surface area contributed by atoms with Gasteiger partial charge in [-0.05, 0) is 30.7 Å². The summed E-state index contributed by atoms with van der Waals surface area (Å²) in [5, 5.41) is 2.77. The van der Waals surface area contributed by atoms with Crippen molar-refractivity contribution in [2.75, 3.05) is 0 Å². The molecule has 1 N–H and O–H groups in total. The van der Waals surface area contributed by atoms with Crippen molar-refractivity contribution in [2.24, 2.45) is 0 Å². The van der Waals surface area contributed by atoms with E-state index in [0.29, 0.717) is 17.7 Å². The zero-order valence-corrected chi connectivity index (χ0v) is 12.5. The topological polar surface area (TPSA) is 51.5 Å². The van der Waals surface area contributed by atoms with Gasteiger partial charge in [0.2, 0.25) is 5.91 Å². The first-order chi connectivity index (χ1) is 11.1. The lowest BCUT2D eigenvalue weighted by atomic mass is 10.0. The third-order valence-electron chi connectivity index (χ3n) is 3.18. The van der Waals surface area contributed by atoms with Crippen molar-refractivity contribution in [3.8, 4) is 5.75 Å². The van der Waals surface area contributed by atoms with Gasteiger partial charge in [0, 0.05) is 11.6 Å². The fraction of sp³-hybridized carbons (Fsp3) is 0.235. The van der Waals surface area contributed by atoms with E-state index in [9.17, 15) is 13.6 Å². The number of ether oxygens (including phenoxy) is 1. The molecule has 4 nitrogen and oxygen atoms in total. The van der Waals surface area contributed by atoms with Crippen LogP contribution in [0.15, 0.2) is 53.2 Å². The number of carbonyl (C=O) groups excluding carboxylic acids is 1. The molecule has 0 unspecified atom stereocenters. The maximum absolute atomic E-state index is 12.5. The van der Waals surface area contributed by atoms with Gasteiger partial charge < -0.3 is 14.5 Å². The van der Waals surface area contributed by atoms with Crippen molar-refractivity contribution in [1.29, 1.82) is 0 Å². The van der Waals surface area contributed by atoms with Gasteiger partial charge in [0.1, 0.15) is 11.5 Å². The molecule has 23 heavy (non-hydrogen) atoms. The summed E-state index contributed by atoms with van der Waals surface area (Å²) < 4.78 is 34.6. The summed E-state index contributed by atoms with van der Waals surface area (Å²) in [6.45, 7) is -1.07. The lowest BCUT2D eigenvalue weighted by Crippen LogP contribution is -2.27. The molecule has 0 bridgehead atoms. The van der Waals surface area contributed by atoms with Crippen LogP contribution in [-0.2, 0) is 4.79 Å². The maximum atomic E-state index is 12.5. The molecule has 0 fully saturated rings. The largest absolute Gasteiger partial charge is 0.465 e. The Morgan fingerprint density at radius 1 is 1.30 bits per heavy atom. The number of hydrogen-bond acceptors (Lipinski definition) is 3. The molecular formula is C17H17F2NO3. The molecule has 6 heteroatoms. The second-order valence-electron chi connectivity index (χ2n) is 4.73. The average molecular weight is 321 g/mol. The van der Waals surface area contributed by atoms with Crippen molar-refractivity contribution in [3.05, 3.63) is 60.1 Å². The fourth-order valence-corrected chi connectivity index (χ4v) is 2.14. The molecule has 1 atom stereocenters. The van der Waals surface area contributed by atoms with E-state index in [1.807, 2.05) is 6.92 Å². The molecule has 2 rings (SSSR count). The van der Waals surface area contributed by atoms with E-state index in [4.69, 9.17) is 4.42 Å². The van der Waals surface area contributed by atoms with Crippen LogP contribution >= 0.6 is 0 Å². The second-order valence-corrected chi connectivity index (χ2v) is 4.73. The quantitative estimate of drug-likeness (QED) is 0.779. The Labute approximate surface area is 132 Å². The number of alkyl halides is 2. The van der Waals surface area contributed by atoms with Crippen LogP contribution < -0.4 is 10.1 Å². The van der Waals surface area contributed by atoms with Gasteiger partial charge in [0.15, 0.2) is 0 Å². The van der Waals surface area contributed by atoms with Gasteiger partial charge in [-0.3, -0.25) is 4.79 Å². The zero-order chi connectivity index (χ0) is 16.7. The van der Waals surface area contributed by atoms with Crippen LogP contribution in [0.5, 0.6) is 5.75 Å². The van der Waals surface area contributed by atoms with Crippen LogP contribution in [0.1, 0.15) is 30.7 Å². The van der Waals surface area contributed by atoms with Crippen molar-refractivity contribution < 1.29 is 22.7 Å². The van der Waals surface area contributed by atoms with E-state index in [-0.39, 0.29) is 11.7 Å². The summed E-state index contributed by atoms with van der Waals surface area (Å²) in [7, 11) is 0. The van der Waals surface area contributed by atoms with E-state index in [1.54, 1.807) is 30.3 Å². The molecule has 0 aliphatic heterocycles. The van der Waals surface area contributed by atoms with Gasteiger partial charge in [0.25, 0.3) is 0 Å². The van der Waals surface area contributed by atoms with Crippen molar-refractivity contribution in [3.63, 3.8) is 0 Å². The summed E-state index contributed by atoms with van der Waals surface area (Å²) in [5.74, 6) is 0.263. The SMILES string of the molecule is CC[C@H](NC(=O)/C=C/c1ccco1)c1ccccc1OC(F)F. The Hall–Kier alpha value is -2.63. The number of para-hydroxylation sites is 1. The van der Waals surface area contributed by atoms with E-state index in [0.717, 1.165) is 0 Å². The van der Waals surface area contributed by atoms with E-state index in [2.05, 4.69) is 10.1 Å². The first-order valence-electron chi connectivity index (χ1n) is 7.16. The molecule has 0 aliphatic carbocycles. The van der Waals surface area contributed by atoms with Gasteiger partial charge in [-0.15, -0.1) is 0 Å². The normalized spacial score (nSPS) is 12.5. The van der Waals surface area contributed by atoms with E-state index < -0.39 is 12.7 Å². The molecule has 0 spiro atoms. The Kier molecular flexibility index (Phi) is 5.91. The van der Waals surface area contributed by atoms with Crippen molar-refractivity contribution in [2.45, 2.75) is 26.0 Å². The summed E-state index contributed by atoms with van der Waals surface area (Å²) in [4.78, 5) is 12.0. The minimum atomic E-state index is -2.91. The Morgan fingerprint density at radius 2 is 2.09 bits per heavy atom. The lowest BCUT2D eigenvalue weighted by Gasteiger charge is -2.19. The highest BCUT2D eigenvalue weighted by molar-refractivity contribution is 5.91. The molecular weight excluding hydrogens is 304 g/mol. The summed E-state index contributed by atoms with van der Waals surface area (Å²) in [5.41, 5.74) is 0.509. The highest BCUT2D eigenvalue weighted by Gasteiger charge is 2.17. The third-order valence-corrected chi connectivity index (χ3v) is 3.18. The van der Waals surface area contributed by atoms with Gasteiger partial charge >= 0.3 is 6.61 Å². The van der Waals surface area contributed by atoms with E-state index >= 15 is 0 Å². The summed E-state index contributed by atoms with van der Waals surface area (Å²) in [6, 6.07) is 9.42. The minimum Gasteiger partial charge on any atom is -0.465 e. The molecule has 1 heterocycles. The zero-order valence-electron chi connectivity index (χ0n) is 12.5. The number of furan rings is 1. The molecule has 0 saturated carbocycles. The van der Waals surface area contributed by atoms with Gasteiger partial charge in [-0.1, -0.05) is 25.1 Å². The highest BCUT2D eigenvalue weighted by atomic mass is 19.3. The number of hydrogen-bond donors (Lipinski definition) is 1. The monoisotopic (exact) mass is 321 g/mol. The van der Waals surface area contributed by atoms with Crippen LogP contribution in [0.4, 0.5) is 8.78 Å². The fourth-order valence-electron chi connectivity index (χ4n) is 2.14. The average Bonchev–Trinajstić information content (AvgIpc) is 3.04. The summed E-state index contributed by atoms with van der Waals surface area (Å²) in [6.07, 6.45) is 4.90. The molecule has 1 amide bonds. The molecule has 0 radical (unpaired) electrons. The first-order valence-corrected chi connectivity index (χ1v) is 7.16. The lowest BCUT2D eigenvalue weighted by molar-refractivity contribution is -0.117. The molecule has 0 saturated heterocycles. The number of amides is 1. The summed E-state index contributed by atoms with van der Waals surface area (Å²) >= 11 is 0. The molecule has 1 aromatic carbocycles. The standard InChI is InChI=1S/C17H17F2NO3/c1-2-14(13-7-3-4-8-15(13)23-17(18)19)20-16(21)10-9-12-6-5-11-22-12/h3-11,14,17H,2H2,1H3,(H,20,21)/b10-9+/t14-/m0/s1. The molecule has 1 aromatic heterocycles. The number of carbonyl (C=O) groups is 1. The predicted octanol–water partition coefficient (Wildman–Crippen LogP) is 4.16. The molecule has 2 aromatic rings. The van der Waals surface area contributed by atoms with Gasteiger partial charge in [-0.2, -0.15) is 8.78 Å². The Morgan fingerprint density at radius 3 is 2.74 bits per heavy atom. The first kappa shape index (κ1) is 16.7. The van der Waals surface area contributed by atoms with Crippen LogP contribution in [0.3, 0.4) is 0 Å². The van der Waals surface area contributed by atoms with Crippen LogP contribution in [-0.4, -0.2) is 12.5 Å². The van der Waals surface area contributed by atoms with Gasteiger partial charge in [-0.25, -0.2) is 0 Å².